The van der Waals surface area contributed by atoms with Crippen molar-refractivity contribution in [3.05, 3.63) is 0 Å². The predicted molar refractivity (Wildman–Crippen MR) is 12.6 cm³/mol. The monoisotopic (exact) mass is 169 g/mol. The first-order valence-electron chi connectivity index (χ1n) is 0.801. The van der Waals surface area contributed by atoms with Crippen molar-refractivity contribution >= 4 is 26.7 Å². The van der Waals surface area contributed by atoms with E-state index < -0.39 is 9.14 Å². The van der Waals surface area contributed by atoms with Crippen LogP contribution in [0.5, 0.6) is 0 Å². The van der Waals surface area contributed by atoms with Crippen LogP contribution in [0.4, 0.5) is 4.11 Å². The molecule has 0 rings (SSSR count). The van der Waals surface area contributed by atoms with Gasteiger partial charge in [0.2, 0.25) is 0 Å². The van der Waals surface area contributed by atoms with Crippen LogP contribution in [0.1, 0.15) is 0 Å². The van der Waals surface area contributed by atoms with Gasteiger partial charge in [0, 0.05) is 17.6 Å². The fourth-order valence-corrected chi connectivity index (χ4v) is 0. The van der Waals surface area contributed by atoms with E-state index in [9.17, 15) is 4.11 Å². The molecular weight excluding hydrogens is 168 g/mol. The second kappa shape index (κ2) is 2.69. The van der Waals surface area contributed by atoms with Crippen molar-refractivity contribution < 1.29 is 18.5 Å². The summed E-state index contributed by atoms with van der Waals surface area (Å²) in [6, 6.07) is 0. The largest absolute Gasteiger partial charge is 0.857 e. The van der Waals surface area contributed by atoms with Crippen LogP contribution in [-0.2, 0) is 0 Å². The maximum absolute atomic E-state index is 10.2. The van der Waals surface area contributed by atoms with Crippen molar-refractivity contribution in [3.63, 3.8) is 0 Å². The Bertz CT molecular complexity index is 26.3. The number of halogens is 1. The van der Waals surface area contributed by atoms with Gasteiger partial charge in [0.25, 0.3) is 0 Å². The topological polar surface area (TPSA) is 69.2 Å². The van der Waals surface area contributed by atoms with Crippen LogP contribution in [0.15, 0.2) is 0 Å². The van der Waals surface area contributed by atoms with Gasteiger partial charge in [-0.1, -0.05) is 9.14 Å². The van der Waals surface area contributed by atoms with Gasteiger partial charge in [-0.2, -0.15) is 0 Å². The summed E-state index contributed by atoms with van der Waals surface area (Å²) in [5, 5.41) is 0. The molecule has 0 spiro atoms. The average molecular weight is 168 g/mol. The summed E-state index contributed by atoms with van der Waals surface area (Å²) < 4.78 is 10.2. The fourth-order valence-electron chi connectivity index (χ4n) is 0. The molecule has 0 fully saturated rings. The molecule has 0 saturated carbocycles. The molecule has 0 aromatic rings. The minimum atomic E-state index is -5.86. The molecule has 0 N–H and O–H groups in total. The van der Waals surface area contributed by atoms with Crippen LogP contribution < -0.4 is 14.4 Å². The molecule has 6 heteroatoms. The van der Waals surface area contributed by atoms with Crippen LogP contribution in [0.3, 0.4) is 0 Å². The van der Waals surface area contributed by atoms with Gasteiger partial charge in [-0.25, -0.2) is 0 Å². The van der Waals surface area contributed by atoms with E-state index >= 15 is 0 Å². The Morgan fingerprint density at radius 3 is 1.17 bits per heavy atom. The van der Waals surface area contributed by atoms with Gasteiger partial charge in [0.15, 0.2) is 0 Å². The molecule has 0 saturated heterocycles. The third-order valence-electron chi connectivity index (χ3n) is 0. The van der Waals surface area contributed by atoms with Crippen molar-refractivity contribution in [2.45, 2.75) is 0 Å². The van der Waals surface area contributed by atoms with E-state index in [0.29, 0.717) is 0 Å². The summed E-state index contributed by atoms with van der Waals surface area (Å²) in [7, 11) is -5.86. The van der Waals surface area contributed by atoms with Gasteiger partial charge in [-0.15, -0.1) is 0 Å². The molecule has 0 amide bonds. The summed E-state index contributed by atoms with van der Waals surface area (Å²) in [6.07, 6.45) is 0. The van der Waals surface area contributed by atoms with E-state index in [2.05, 4.69) is 0 Å². The maximum Gasteiger partial charge on any atom is 0 e. The van der Waals surface area contributed by atoms with Crippen molar-refractivity contribution in [2.75, 3.05) is 0 Å². The zero-order valence-electron chi connectivity index (χ0n) is 2.60. The van der Waals surface area contributed by atoms with E-state index in [-0.39, 0.29) is 17.6 Å². The molecule has 0 aromatic heterocycles. The third kappa shape index (κ3) is 179. The SMILES string of the molecule is [Ge].[O-][Si]([O-])([O-])F. The van der Waals surface area contributed by atoms with E-state index in [1.165, 1.54) is 0 Å². The second-order valence-corrected chi connectivity index (χ2v) is 1.44. The van der Waals surface area contributed by atoms with Crippen LogP contribution in [0.2, 0.25) is 0 Å². The molecule has 4 radical (unpaired) electrons. The average Bonchev–Trinajstić information content (AvgIpc) is 0.722. The zero-order chi connectivity index (χ0) is 4.50. The van der Waals surface area contributed by atoms with E-state index in [1.807, 2.05) is 0 Å². The summed E-state index contributed by atoms with van der Waals surface area (Å²) in [6.45, 7) is 0. The van der Waals surface area contributed by atoms with Gasteiger partial charge < -0.3 is 18.5 Å². The quantitative estimate of drug-likeness (QED) is 0.274. The summed E-state index contributed by atoms with van der Waals surface area (Å²) >= 11 is 0. The molecule has 0 bridgehead atoms. The Labute approximate surface area is 45.9 Å². The molecule has 0 aliphatic rings. The molecule has 36 valence electrons. The first kappa shape index (κ1) is 9.76. The molecule has 0 aliphatic carbocycles. The van der Waals surface area contributed by atoms with E-state index in [4.69, 9.17) is 14.4 Å². The summed E-state index contributed by atoms with van der Waals surface area (Å²) in [5.74, 6) is 0. The summed E-state index contributed by atoms with van der Waals surface area (Å²) in [4.78, 5) is 25.4. The molecule has 6 heavy (non-hydrogen) atoms. The fraction of sp³-hybridized carbons (Fsp3) is 0. The molecule has 0 unspecified atom stereocenters. The molecule has 0 aromatic carbocycles. The van der Waals surface area contributed by atoms with Gasteiger partial charge >= 0.3 is 0 Å². The first-order valence-corrected chi connectivity index (χ1v) is 2.40. The van der Waals surface area contributed by atoms with Crippen molar-refractivity contribution in [1.82, 2.24) is 0 Å². The third-order valence-corrected chi connectivity index (χ3v) is 0. The Hall–Kier alpha value is 0.570. The van der Waals surface area contributed by atoms with E-state index in [0.717, 1.165) is 0 Å². The van der Waals surface area contributed by atoms with Crippen LogP contribution >= 0.6 is 0 Å². The van der Waals surface area contributed by atoms with Crippen molar-refractivity contribution in [3.8, 4) is 0 Å². The molecule has 0 heterocycles. The molecule has 0 aliphatic heterocycles. The van der Waals surface area contributed by atoms with Crippen LogP contribution in [-0.4, -0.2) is 26.7 Å². The maximum atomic E-state index is 10.2. The Morgan fingerprint density at radius 1 is 1.17 bits per heavy atom. The normalized spacial score (nSPS) is 10.0. The Kier molecular flexibility index (Phi) is 4.38. The minimum absolute atomic E-state index is 0. The second-order valence-electron chi connectivity index (χ2n) is 0.481. The van der Waals surface area contributed by atoms with Gasteiger partial charge in [0.1, 0.15) is 0 Å². The number of hydrogen-bond acceptors (Lipinski definition) is 3. The van der Waals surface area contributed by atoms with Gasteiger partial charge in [0.05, 0.1) is 0 Å². The van der Waals surface area contributed by atoms with Crippen LogP contribution in [0, 0.1) is 0 Å². The van der Waals surface area contributed by atoms with Crippen LogP contribution in [0.25, 0.3) is 0 Å². The summed E-state index contributed by atoms with van der Waals surface area (Å²) in [5.41, 5.74) is 0. The van der Waals surface area contributed by atoms with Crippen molar-refractivity contribution in [1.29, 1.82) is 0 Å². The van der Waals surface area contributed by atoms with Gasteiger partial charge in [-0.3, -0.25) is 0 Å². The predicted octanol–water partition coefficient (Wildman–Crippen LogP) is -3.91. The number of hydrogen-bond donors (Lipinski definition) is 0. The van der Waals surface area contributed by atoms with E-state index in [1.54, 1.807) is 0 Å². The standard InChI is InChI=1S/FO3Si.Ge/c1-5(2,3)4;/q-3;. The molecular formula is FGeO3Si-3. The van der Waals surface area contributed by atoms with Gasteiger partial charge in [-0.05, 0) is 0 Å². The molecule has 3 nitrogen and oxygen atoms in total. The number of rotatable bonds is 0. The zero-order valence-corrected chi connectivity index (χ0v) is 5.70. The molecule has 0 atom stereocenters. The Morgan fingerprint density at radius 2 is 1.17 bits per heavy atom. The Balaban J connectivity index is 0. The minimum Gasteiger partial charge on any atom is -0.857 e. The first-order chi connectivity index (χ1) is 2.00. The van der Waals surface area contributed by atoms with Crippen molar-refractivity contribution in [2.24, 2.45) is 0 Å². The smallest absolute Gasteiger partial charge is 0 e.